The fraction of sp³-hybridized carbons (Fsp3) is 0.0667. The number of halogens is 1. The zero-order chi connectivity index (χ0) is 14.4. The molecule has 0 spiro atoms. The Balaban J connectivity index is 2.94. The molecule has 0 fully saturated rings. The molecular weight excluding hydrogens is 308 g/mol. The zero-order valence-corrected chi connectivity index (χ0v) is 11.8. The Morgan fingerprint density at radius 1 is 1.32 bits per heavy atom. The number of hydrogen-bond donors (Lipinski definition) is 1. The molecule has 0 aromatic heterocycles. The van der Waals surface area contributed by atoms with Gasteiger partial charge in [0.2, 0.25) is 0 Å². The summed E-state index contributed by atoms with van der Waals surface area (Å²) in [5.41, 5.74) is 0.433. The van der Waals surface area contributed by atoms with Crippen LogP contribution < -0.4 is 0 Å². The van der Waals surface area contributed by atoms with Crippen molar-refractivity contribution in [3.8, 4) is 5.75 Å². The van der Waals surface area contributed by atoms with Crippen LogP contribution in [0.1, 0.15) is 16.8 Å². The van der Waals surface area contributed by atoms with Gasteiger partial charge in [-0.2, -0.15) is 0 Å². The topological polar surface area (TPSA) is 54.4 Å². The van der Waals surface area contributed by atoms with E-state index in [1.54, 1.807) is 6.07 Å². The normalized spacial score (nSPS) is 10.9. The predicted octanol–water partition coefficient (Wildman–Crippen LogP) is 3.60. The largest absolute Gasteiger partial charge is 0.507 e. The molecule has 0 aliphatic carbocycles. The number of aromatic hydroxyl groups is 1. The van der Waals surface area contributed by atoms with E-state index in [4.69, 9.17) is 0 Å². The van der Waals surface area contributed by atoms with Gasteiger partial charge in [-0.3, -0.25) is 9.59 Å². The Morgan fingerprint density at radius 2 is 2.00 bits per heavy atom. The summed E-state index contributed by atoms with van der Waals surface area (Å²) in [5, 5.41) is 9.61. The van der Waals surface area contributed by atoms with Crippen LogP contribution in [0, 0.1) is 0 Å². The van der Waals surface area contributed by atoms with E-state index >= 15 is 0 Å². The third-order valence-corrected chi connectivity index (χ3v) is 2.91. The van der Waals surface area contributed by atoms with Crippen molar-refractivity contribution in [1.29, 1.82) is 0 Å². The SMILES string of the molecule is C=C/C=C(\C=C)C(=O)CC(=O)c1cc(Br)ccc1O. The highest BCUT2D eigenvalue weighted by atomic mass is 79.9. The average Bonchev–Trinajstić information content (AvgIpc) is 2.38. The molecule has 1 N–H and O–H groups in total. The Morgan fingerprint density at radius 3 is 2.58 bits per heavy atom. The first-order chi connectivity index (χ1) is 8.99. The van der Waals surface area contributed by atoms with E-state index in [9.17, 15) is 14.7 Å². The molecule has 19 heavy (non-hydrogen) atoms. The summed E-state index contributed by atoms with van der Waals surface area (Å²) in [4.78, 5) is 23.8. The monoisotopic (exact) mass is 320 g/mol. The third kappa shape index (κ3) is 4.03. The molecule has 0 unspecified atom stereocenters. The molecule has 0 heterocycles. The van der Waals surface area contributed by atoms with Crippen molar-refractivity contribution in [2.24, 2.45) is 0 Å². The molecule has 98 valence electrons. The lowest BCUT2D eigenvalue weighted by molar-refractivity contribution is -0.114. The molecule has 3 nitrogen and oxygen atoms in total. The van der Waals surface area contributed by atoms with Gasteiger partial charge in [0.15, 0.2) is 11.6 Å². The van der Waals surface area contributed by atoms with Gasteiger partial charge in [0.1, 0.15) is 5.75 Å². The molecule has 0 atom stereocenters. The van der Waals surface area contributed by atoms with Gasteiger partial charge in [-0.15, -0.1) is 0 Å². The Kier molecular flexibility index (Phi) is 5.45. The smallest absolute Gasteiger partial charge is 0.174 e. The number of allylic oxidation sites excluding steroid dienone is 4. The molecule has 0 radical (unpaired) electrons. The zero-order valence-electron chi connectivity index (χ0n) is 10.2. The van der Waals surface area contributed by atoms with E-state index in [-0.39, 0.29) is 23.5 Å². The van der Waals surface area contributed by atoms with Gasteiger partial charge < -0.3 is 5.11 Å². The molecule has 0 amide bonds. The van der Waals surface area contributed by atoms with Crippen LogP contribution in [-0.4, -0.2) is 16.7 Å². The fourth-order valence-electron chi connectivity index (χ4n) is 1.48. The van der Waals surface area contributed by atoms with E-state index < -0.39 is 5.78 Å². The minimum absolute atomic E-state index is 0.116. The third-order valence-electron chi connectivity index (χ3n) is 2.42. The van der Waals surface area contributed by atoms with Crippen LogP contribution in [0.25, 0.3) is 0 Å². The second-order valence-corrected chi connectivity index (χ2v) is 4.66. The minimum Gasteiger partial charge on any atom is -0.507 e. The van der Waals surface area contributed by atoms with Crippen LogP contribution in [0.5, 0.6) is 5.75 Å². The Hall–Kier alpha value is -1.94. The van der Waals surface area contributed by atoms with Crippen LogP contribution in [-0.2, 0) is 4.79 Å². The maximum atomic E-state index is 12.0. The standard InChI is InChI=1S/C15H13BrO3/c1-3-5-10(4-2)14(18)9-15(19)12-8-11(16)6-7-13(12)17/h3-8,17H,1-2,9H2/b10-5+. The highest BCUT2D eigenvalue weighted by Gasteiger charge is 2.17. The van der Waals surface area contributed by atoms with Crippen molar-refractivity contribution >= 4 is 27.5 Å². The maximum Gasteiger partial charge on any atom is 0.174 e. The average molecular weight is 321 g/mol. The second-order valence-electron chi connectivity index (χ2n) is 3.75. The van der Waals surface area contributed by atoms with Crippen molar-refractivity contribution in [1.82, 2.24) is 0 Å². The molecule has 1 aromatic rings. The van der Waals surface area contributed by atoms with Crippen LogP contribution in [0.4, 0.5) is 0 Å². The number of phenols is 1. The molecule has 0 saturated heterocycles. The van der Waals surface area contributed by atoms with Gasteiger partial charge >= 0.3 is 0 Å². The molecule has 0 aliphatic rings. The number of rotatable bonds is 6. The predicted molar refractivity (Wildman–Crippen MR) is 78.2 cm³/mol. The summed E-state index contributed by atoms with van der Waals surface area (Å²) in [7, 11) is 0. The van der Waals surface area contributed by atoms with Crippen LogP contribution in [0.3, 0.4) is 0 Å². The highest BCUT2D eigenvalue weighted by molar-refractivity contribution is 9.10. The van der Waals surface area contributed by atoms with Crippen molar-refractivity contribution in [3.63, 3.8) is 0 Å². The fourth-order valence-corrected chi connectivity index (χ4v) is 1.84. The highest BCUT2D eigenvalue weighted by Crippen LogP contribution is 2.23. The van der Waals surface area contributed by atoms with Gasteiger partial charge in [-0.05, 0) is 18.2 Å². The summed E-state index contributed by atoms with van der Waals surface area (Å²) in [6, 6.07) is 4.49. The first-order valence-corrected chi connectivity index (χ1v) is 6.29. The van der Waals surface area contributed by atoms with Gasteiger partial charge in [-0.1, -0.05) is 47.3 Å². The molecule has 1 rings (SSSR count). The lowest BCUT2D eigenvalue weighted by atomic mass is 10.0. The summed E-state index contributed by atoms with van der Waals surface area (Å²) in [5.74, 6) is -0.950. The maximum absolute atomic E-state index is 12.0. The molecule has 0 aliphatic heterocycles. The Bertz CT molecular complexity index is 571. The second kappa shape index (κ2) is 6.85. The van der Waals surface area contributed by atoms with E-state index in [0.717, 1.165) is 0 Å². The van der Waals surface area contributed by atoms with Crippen LogP contribution in [0.15, 0.2) is 59.6 Å². The van der Waals surface area contributed by atoms with E-state index in [1.165, 1.54) is 30.4 Å². The van der Waals surface area contributed by atoms with Gasteiger partial charge in [0.05, 0.1) is 12.0 Å². The number of phenolic OH excluding ortho intramolecular Hbond substituents is 1. The Labute approximate surface area is 120 Å². The lowest BCUT2D eigenvalue weighted by Crippen LogP contribution is -2.09. The number of carbonyl (C=O) groups excluding carboxylic acids is 2. The number of carbonyl (C=O) groups is 2. The molecule has 0 saturated carbocycles. The van der Waals surface area contributed by atoms with Crippen molar-refractivity contribution < 1.29 is 14.7 Å². The minimum atomic E-state index is -0.444. The van der Waals surface area contributed by atoms with Crippen LogP contribution >= 0.6 is 15.9 Å². The van der Waals surface area contributed by atoms with E-state index in [1.807, 2.05) is 0 Å². The number of Topliss-reactive ketones (excluding diaryl/α,β-unsaturated/α-hetero) is 2. The molecule has 1 aromatic carbocycles. The van der Waals surface area contributed by atoms with Crippen molar-refractivity contribution in [3.05, 3.63) is 65.2 Å². The summed E-state index contributed by atoms with van der Waals surface area (Å²) < 4.78 is 0.659. The van der Waals surface area contributed by atoms with Gasteiger partial charge in [0.25, 0.3) is 0 Å². The lowest BCUT2D eigenvalue weighted by Gasteiger charge is -2.04. The number of benzene rings is 1. The van der Waals surface area contributed by atoms with Gasteiger partial charge in [-0.25, -0.2) is 0 Å². The van der Waals surface area contributed by atoms with E-state index in [0.29, 0.717) is 10.0 Å². The van der Waals surface area contributed by atoms with E-state index in [2.05, 4.69) is 29.1 Å². The number of hydrogen-bond acceptors (Lipinski definition) is 3. The summed E-state index contributed by atoms with van der Waals surface area (Å²) in [6.45, 7) is 6.99. The van der Waals surface area contributed by atoms with Crippen LogP contribution in [0.2, 0.25) is 0 Å². The summed E-state index contributed by atoms with van der Waals surface area (Å²) in [6.07, 6.45) is 3.99. The quantitative estimate of drug-likeness (QED) is 0.377. The van der Waals surface area contributed by atoms with Crippen molar-refractivity contribution in [2.45, 2.75) is 6.42 Å². The first kappa shape index (κ1) is 15.1. The van der Waals surface area contributed by atoms with Gasteiger partial charge in [0, 0.05) is 10.0 Å². The molecular formula is C15H13BrO3. The number of ketones is 2. The summed E-state index contributed by atoms with van der Waals surface area (Å²) >= 11 is 3.21. The first-order valence-electron chi connectivity index (χ1n) is 5.49. The molecule has 0 bridgehead atoms. The molecule has 4 heteroatoms. The van der Waals surface area contributed by atoms with Crippen molar-refractivity contribution in [2.75, 3.05) is 0 Å².